The zero-order valence-electron chi connectivity index (χ0n) is 23.1. The van der Waals surface area contributed by atoms with Crippen LogP contribution in [-0.2, 0) is 9.53 Å². The fraction of sp³-hybridized carbons (Fsp3) is 0.667. The first-order chi connectivity index (χ1) is 17.0. The second-order valence-electron chi connectivity index (χ2n) is 10.8. The Labute approximate surface area is 216 Å². The zero-order valence-corrected chi connectivity index (χ0v) is 23.1. The van der Waals surface area contributed by atoms with Gasteiger partial charge in [-0.25, -0.2) is 0 Å². The second-order valence-corrected chi connectivity index (χ2v) is 10.8. The van der Waals surface area contributed by atoms with Gasteiger partial charge in [0, 0.05) is 12.3 Å². The Hall–Kier alpha value is -1.83. The van der Waals surface area contributed by atoms with Crippen LogP contribution in [-0.4, -0.2) is 12.6 Å². The monoisotopic (exact) mass is 480 g/mol. The fourth-order valence-electron chi connectivity index (χ4n) is 5.10. The number of esters is 1. The molecule has 0 bridgehead atoms. The van der Waals surface area contributed by atoms with Crippen LogP contribution in [0.4, 0.5) is 0 Å². The first-order valence-electron chi connectivity index (χ1n) is 14.6. The van der Waals surface area contributed by atoms with Gasteiger partial charge in [-0.3, -0.25) is 4.79 Å². The smallest absolute Gasteiger partial charge is 0.306 e. The van der Waals surface area contributed by atoms with Crippen molar-refractivity contribution in [2.45, 2.75) is 130 Å². The molecular weight excluding hydrogens is 428 g/mol. The van der Waals surface area contributed by atoms with Crippen LogP contribution in [0.15, 0.2) is 58.7 Å². The highest BCUT2D eigenvalue weighted by atomic mass is 16.5. The summed E-state index contributed by atoms with van der Waals surface area (Å²) in [6.07, 6.45) is 30.5. The number of unbranched alkanes of at least 4 members (excludes halogenated alkanes) is 14. The van der Waals surface area contributed by atoms with Gasteiger partial charge in [-0.1, -0.05) is 133 Å². The maximum absolute atomic E-state index is 12.3. The predicted octanol–water partition coefficient (Wildman–Crippen LogP) is 10.1. The van der Waals surface area contributed by atoms with Crippen molar-refractivity contribution in [1.82, 2.24) is 0 Å². The number of carbonyl (C=O) groups excluding carboxylic acids is 1. The van der Waals surface area contributed by atoms with Gasteiger partial charge in [-0.15, -0.1) is 0 Å². The molecule has 0 amide bonds. The van der Waals surface area contributed by atoms with E-state index >= 15 is 0 Å². The number of ether oxygens (including phenoxy) is 1. The molecule has 2 aliphatic carbocycles. The SMILES string of the molecule is C=C(C)[C@@H]1C=C2C(COC(=O)CCCCCCCCCCCCCCCCC)=CC=C2C(C)=CC1. The van der Waals surface area contributed by atoms with Crippen LogP contribution < -0.4 is 0 Å². The highest BCUT2D eigenvalue weighted by molar-refractivity contribution is 5.70. The number of carbonyl (C=O) groups is 1. The Morgan fingerprint density at radius 3 is 1.94 bits per heavy atom. The molecule has 0 fully saturated rings. The molecule has 0 radical (unpaired) electrons. The Morgan fingerprint density at radius 2 is 1.40 bits per heavy atom. The van der Waals surface area contributed by atoms with Gasteiger partial charge in [-0.2, -0.15) is 0 Å². The minimum atomic E-state index is -0.0630. The topological polar surface area (TPSA) is 26.3 Å². The van der Waals surface area contributed by atoms with E-state index in [1.165, 1.54) is 106 Å². The molecule has 1 atom stereocenters. The van der Waals surface area contributed by atoms with Crippen molar-refractivity contribution in [3.63, 3.8) is 0 Å². The molecule has 0 N–H and O–H groups in total. The molecular formula is C33H52O2. The van der Waals surface area contributed by atoms with Gasteiger partial charge in [-0.05, 0) is 49.0 Å². The van der Waals surface area contributed by atoms with Crippen LogP contribution in [0.3, 0.4) is 0 Å². The van der Waals surface area contributed by atoms with E-state index in [0.29, 0.717) is 18.9 Å². The molecule has 0 saturated heterocycles. The van der Waals surface area contributed by atoms with Gasteiger partial charge in [0.15, 0.2) is 0 Å². The molecule has 0 aliphatic heterocycles. The predicted molar refractivity (Wildman–Crippen MR) is 151 cm³/mol. The molecule has 2 heteroatoms. The summed E-state index contributed by atoms with van der Waals surface area (Å²) < 4.78 is 5.64. The molecule has 0 heterocycles. The summed E-state index contributed by atoms with van der Waals surface area (Å²) in [6, 6.07) is 0. The summed E-state index contributed by atoms with van der Waals surface area (Å²) in [5, 5.41) is 0. The van der Waals surface area contributed by atoms with E-state index in [0.717, 1.165) is 24.8 Å². The second kappa shape index (κ2) is 17.6. The summed E-state index contributed by atoms with van der Waals surface area (Å²) >= 11 is 0. The zero-order chi connectivity index (χ0) is 25.3. The highest BCUT2D eigenvalue weighted by Gasteiger charge is 2.22. The molecule has 196 valence electrons. The van der Waals surface area contributed by atoms with E-state index in [9.17, 15) is 4.79 Å². The lowest BCUT2D eigenvalue weighted by atomic mass is 9.94. The van der Waals surface area contributed by atoms with E-state index < -0.39 is 0 Å². The number of hydrogen-bond acceptors (Lipinski definition) is 2. The average molecular weight is 481 g/mol. The van der Waals surface area contributed by atoms with Crippen LogP contribution in [0.2, 0.25) is 0 Å². The van der Waals surface area contributed by atoms with Gasteiger partial charge >= 0.3 is 5.97 Å². The first kappa shape index (κ1) is 29.4. The number of fused-ring (bicyclic) bond motifs is 1. The normalized spacial score (nSPS) is 17.2. The summed E-state index contributed by atoms with van der Waals surface area (Å²) in [5.41, 5.74) is 6.09. The molecule has 0 aromatic carbocycles. The van der Waals surface area contributed by atoms with E-state index in [4.69, 9.17) is 4.74 Å². The van der Waals surface area contributed by atoms with Crippen LogP contribution in [0.5, 0.6) is 0 Å². The van der Waals surface area contributed by atoms with E-state index in [1.807, 2.05) is 0 Å². The molecule has 35 heavy (non-hydrogen) atoms. The largest absolute Gasteiger partial charge is 0.461 e. The van der Waals surface area contributed by atoms with Crippen LogP contribution in [0.25, 0.3) is 0 Å². The third kappa shape index (κ3) is 11.6. The average Bonchev–Trinajstić information content (AvgIpc) is 3.16. The van der Waals surface area contributed by atoms with Gasteiger partial charge in [0.25, 0.3) is 0 Å². The van der Waals surface area contributed by atoms with Gasteiger partial charge < -0.3 is 4.74 Å². The van der Waals surface area contributed by atoms with Crippen molar-refractivity contribution in [3.05, 3.63) is 58.7 Å². The van der Waals surface area contributed by atoms with Crippen LogP contribution >= 0.6 is 0 Å². The number of allylic oxidation sites excluding steroid dienone is 7. The molecule has 2 rings (SSSR count). The van der Waals surface area contributed by atoms with Crippen molar-refractivity contribution in [2.24, 2.45) is 5.92 Å². The van der Waals surface area contributed by atoms with Gasteiger partial charge in [0.2, 0.25) is 0 Å². The lowest BCUT2D eigenvalue weighted by Gasteiger charge is -2.13. The van der Waals surface area contributed by atoms with E-state index in [1.54, 1.807) is 0 Å². The van der Waals surface area contributed by atoms with Crippen molar-refractivity contribution in [1.29, 1.82) is 0 Å². The van der Waals surface area contributed by atoms with Crippen molar-refractivity contribution in [2.75, 3.05) is 6.61 Å². The number of rotatable bonds is 19. The van der Waals surface area contributed by atoms with Crippen LogP contribution in [0, 0.1) is 5.92 Å². The van der Waals surface area contributed by atoms with Crippen molar-refractivity contribution in [3.8, 4) is 0 Å². The lowest BCUT2D eigenvalue weighted by molar-refractivity contribution is -0.142. The molecule has 0 aromatic rings. The number of hydrogen-bond donors (Lipinski definition) is 0. The van der Waals surface area contributed by atoms with E-state index in [2.05, 4.69) is 51.7 Å². The summed E-state index contributed by atoms with van der Waals surface area (Å²) in [5.74, 6) is 0.287. The highest BCUT2D eigenvalue weighted by Crippen LogP contribution is 2.37. The summed E-state index contributed by atoms with van der Waals surface area (Å²) in [7, 11) is 0. The standard InChI is InChI=1S/C33H52O2/c1-5-6-7-8-9-10-11-12-13-14-15-16-17-18-19-20-33(34)35-26-30-23-24-31-28(4)21-22-29(27(2)3)25-32(30)31/h21,23-25,29H,2,5-20,22,26H2,1,3-4H3/t29-/m0/s1. The summed E-state index contributed by atoms with van der Waals surface area (Å²) in [6.45, 7) is 11.1. The van der Waals surface area contributed by atoms with E-state index in [-0.39, 0.29) is 5.97 Å². The maximum atomic E-state index is 12.3. The molecule has 0 saturated carbocycles. The first-order valence-corrected chi connectivity index (χ1v) is 14.6. The third-order valence-electron chi connectivity index (χ3n) is 7.56. The Balaban J connectivity index is 1.48. The summed E-state index contributed by atoms with van der Waals surface area (Å²) in [4.78, 5) is 12.3. The molecule has 0 aromatic heterocycles. The molecule has 0 unspecified atom stereocenters. The van der Waals surface area contributed by atoms with Gasteiger partial charge in [0.1, 0.15) is 6.61 Å². The molecule has 2 nitrogen and oxygen atoms in total. The minimum Gasteiger partial charge on any atom is -0.461 e. The third-order valence-corrected chi connectivity index (χ3v) is 7.56. The molecule has 0 spiro atoms. The molecule has 2 aliphatic rings. The maximum Gasteiger partial charge on any atom is 0.306 e. The van der Waals surface area contributed by atoms with Gasteiger partial charge in [0.05, 0.1) is 0 Å². The quantitative estimate of drug-likeness (QED) is 0.104. The van der Waals surface area contributed by atoms with Crippen molar-refractivity contribution >= 4 is 5.97 Å². The fourth-order valence-corrected chi connectivity index (χ4v) is 5.10. The Morgan fingerprint density at radius 1 is 0.857 bits per heavy atom. The Kier molecular flexibility index (Phi) is 14.8. The Bertz CT molecular complexity index is 777. The van der Waals surface area contributed by atoms with Crippen LogP contribution in [0.1, 0.15) is 130 Å². The lowest BCUT2D eigenvalue weighted by Crippen LogP contribution is -2.09. The minimum absolute atomic E-state index is 0.0630. The van der Waals surface area contributed by atoms with Crippen molar-refractivity contribution < 1.29 is 9.53 Å².